The Morgan fingerprint density at radius 3 is 2.86 bits per heavy atom. The second kappa shape index (κ2) is 6.43. The van der Waals surface area contributed by atoms with E-state index in [0.717, 1.165) is 13.1 Å². The topological polar surface area (TPSA) is 15.3 Å². The first-order valence-corrected chi connectivity index (χ1v) is 6.51. The summed E-state index contributed by atoms with van der Waals surface area (Å²) in [6.07, 6.45) is 2.49. The summed E-state index contributed by atoms with van der Waals surface area (Å²) >= 11 is 5.25. The fourth-order valence-electron chi connectivity index (χ4n) is 1.26. The molecule has 1 aromatic rings. The molecule has 0 saturated heterocycles. The average molecular weight is 277 g/mol. The van der Waals surface area contributed by atoms with Crippen LogP contribution in [0.4, 0.5) is 5.00 Å². The van der Waals surface area contributed by atoms with E-state index in [1.165, 1.54) is 22.3 Å². The van der Waals surface area contributed by atoms with E-state index in [1.807, 2.05) is 7.05 Å². The van der Waals surface area contributed by atoms with E-state index in [4.69, 9.17) is 0 Å². The first kappa shape index (κ1) is 12.0. The van der Waals surface area contributed by atoms with Gasteiger partial charge < -0.3 is 10.2 Å². The Kier molecular flexibility index (Phi) is 5.52. The molecule has 0 spiro atoms. The zero-order chi connectivity index (χ0) is 10.4. The number of nitrogens with one attached hydrogen (secondary N) is 1. The largest absolute Gasteiger partial charge is 0.366 e. The third kappa shape index (κ3) is 3.98. The van der Waals surface area contributed by atoms with Crippen LogP contribution in [-0.4, -0.2) is 27.2 Å². The quantitative estimate of drug-likeness (QED) is 0.804. The summed E-state index contributed by atoms with van der Waals surface area (Å²) in [4.78, 5) is 2.31. The van der Waals surface area contributed by atoms with Crippen LogP contribution < -0.4 is 10.2 Å². The fraction of sp³-hybridized carbons (Fsp3) is 0.600. The summed E-state index contributed by atoms with van der Waals surface area (Å²) in [6.45, 7) is 2.25. The van der Waals surface area contributed by atoms with E-state index >= 15 is 0 Å². The van der Waals surface area contributed by atoms with Crippen LogP contribution in [0.15, 0.2) is 15.9 Å². The van der Waals surface area contributed by atoms with Crippen molar-refractivity contribution in [2.45, 2.75) is 12.8 Å². The smallest absolute Gasteiger partial charge is 0.0917 e. The Balaban J connectivity index is 2.25. The van der Waals surface area contributed by atoms with Crippen molar-refractivity contribution in [3.63, 3.8) is 0 Å². The van der Waals surface area contributed by atoms with Crippen molar-refractivity contribution >= 4 is 32.3 Å². The van der Waals surface area contributed by atoms with Gasteiger partial charge in [-0.2, -0.15) is 0 Å². The molecule has 0 atom stereocenters. The Labute approximate surface area is 98.4 Å². The van der Waals surface area contributed by atoms with Crippen LogP contribution in [-0.2, 0) is 0 Å². The fourth-order valence-corrected chi connectivity index (χ4v) is 2.68. The first-order valence-electron chi connectivity index (χ1n) is 4.84. The van der Waals surface area contributed by atoms with Crippen LogP contribution in [0.1, 0.15) is 12.8 Å². The summed E-state index contributed by atoms with van der Waals surface area (Å²) in [7, 11) is 4.15. The molecule has 0 unspecified atom stereocenters. The van der Waals surface area contributed by atoms with E-state index in [9.17, 15) is 0 Å². The molecule has 0 amide bonds. The van der Waals surface area contributed by atoms with Crippen molar-refractivity contribution in [2.75, 3.05) is 32.1 Å². The zero-order valence-corrected chi connectivity index (χ0v) is 11.1. The minimum absolute atomic E-state index is 1.11. The highest BCUT2D eigenvalue weighted by Crippen LogP contribution is 2.27. The minimum atomic E-state index is 1.11. The third-order valence-electron chi connectivity index (χ3n) is 2.10. The lowest BCUT2D eigenvalue weighted by molar-refractivity contribution is 0.672. The molecule has 0 aliphatic rings. The Hall–Kier alpha value is -0.0600. The molecule has 1 aromatic heterocycles. The number of halogens is 1. The standard InChI is InChI=1S/C10H17BrN2S/c1-12-5-3-4-6-13(2)10-7-9(11)8-14-10/h7-8,12H,3-6H2,1-2H3. The van der Waals surface area contributed by atoms with Gasteiger partial charge in [-0.05, 0) is 48.4 Å². The van der Waals surface area contributed by atoms with E-state index < -0.39 is 0 Å². The van der Waals surface area contributed by atoms with Crippen molar-refractivity contribution in [3.8, 4) is 0 Å². The molecule has 4 heteroatoms. The van der Waals surface area contributed by atoms with E-state index in [2.05, 4.69) is 44.6 Å². The van der Waals surface area contributed by atoms with Crippen molar-refractivity contribution in [1.29, 1.82) is 0 Å². The van der Waals surface area contributed by atoms with Gasteiger partial charge in [-0.3, -0.25) is 0 Å². The van der Waals surface area contributed by atoms with Gasteiger partial charge in [-0.1, -0.05) is 0 Å². The van der Waals surface area contributed by atoms with Gasteiger partial charge in [0.1, 0.15) is 0 Å². The van der Waals surface area contributed by atoms with Crippen LogP contribution >= 0.6 is 27.3 Å². The lowest BCUT2D eigenvalue weighted by Gasteiger charge is -2.16. The Bertz CT molecular complexity index is 262. The highest BCUT2D eigenvalue weighted by molar-refractivity contribution is 9.10. The van der Waals surface area contributed by atoms with Crippen LogP contribution in [0.5, 0.6) is 0 Å². The number of nitrogens with zero attached hydrogens (tertiary/aromatic N) is 1. The van der Waals surface area contributed by atoms with Gasteiger partial charge in [-0.15, -0.1) is 11.3 Å². The number of hydrogen-bond donors (Lipinski definition) is 1. The summed E-state index contributed by atoms with van der Waals surface area (Å²) in [5, 5.41) is 6.62. The lowest BCUT2D eigenvalue weighted by Crippen LogP contribution is -2.18. The maximum Gasteiger partial charge on any atom is 0.0917 e. The molecule has 0 fully saturated rings. The maximum atomic E-state index is 3.47. The van der Waals surface area contributed by atoms with Crippen molar-refractivity contribution in [1.82, 2.24) is 5.32 Å². The zero-order valence-electron chi connectivity index (χ0n) is 8.72. The number of hydrogen-bond acceptors (Lipinski definition) is 3. The second-order valence-corrected chi connectivity index (χ2v) is 5.14. The summed E-state index contributed by atoms with van der Waals surface area (Å²) < 4.78 is 1.18. The summed E-state index contributed by atoms with van der Waals surface area (Å²) in [5.74, 6) is 0. The number of anilines is 1. The third-order valence-corrected chi connectivity index (χ3v) is 3.90. The van der Waals surface area contributed by atoms with Crippen LogP contribution in [0.25, 0.3) is 0 Å². The monoisotopic (exact) mass is 276 g/mol. The Morgan fingerprint density at radius 1 is 1.50 bits per heavy atom. The molecule has 14 heavy (non-hydrogen) atoms. The van der Waals surface area contributed by atoms with Crippen molar-refractivity contribution < 1.29 is 0 Å². The predicted molar refractivity (Wildman–Crippen MR) is 68.4 cm³/mol. The van der Waals surface area contributed by atoms with Gasteiger partial charge in [0, 0.05) is 23.4 Å². The molecule has 1 N–H and O–H groups in total. The first-order chi connectivity index (χ1) is 6.74. The van der Waals surface area contributed by atoms with Gasteiger partial charge in [0.2, 0.25) is 0 Å². The number of rotatable bonds is 6. The molecule has 0 radical (unpaired) electrons. The molecule has 0 aromatic carbocycles. The van der Waals surface area contributed by atoms with Gasteiger partial charge in [0.05, 0.1) is 5.00 Å². The van der Waals surface area contributed by atoms with Crippen molar-refractivity contribution in [3.05, 3.63) is 15.9 Å². The normalized spacial score (nSPS) is 10.5. The molecule has 80 valence electrons. The molecule has 1 heterocycles. The molecule has 0 aliphatic carbocycles. The lowest BCUT2D eigenvalue weighted by atomic mass is 10.3. The highest BCUT2D eigenvalue weighted by atomic mass is 79.9. The second-order valence-electron chi connectivity index (χ2n) is 3.34. The van der Waals surface area contributed by atoms with Crippen LogP contribution in [0.2, 0.25) is 0 Å². The minimum Gasteiger partial charge on any atom is -0.366 e. The molecule has 2 nitrogen and oxygen atoms in total. The van der Waals surface area contributed by atoms with Gasteiger partial charge in [0.15, 0.2) is 0 Å². The van der Waals surface area contributed by atoms with Crippen LogP contribution in [0.3, 0.4) is 0 Å². The average Bonchev–Trinajstić information content (AvgIpc) is 2.59. The molecular weight excluding hydrogens is 260 g/mol. The van der Waals surface area contributed by atoms with E-state index in [-0.39, 0.29) is 0 Å². The van der Waals surface area contributed by atoms with Crippen molar-refractivity contribution in [2.24, 2.45) is 0 Å². The van der Waals surface area contributed by atoms with E-state index in [1.54, 1.807) is 11.3 Å². The Morgan fingerprint density at radius 2 is 2.29 bits per heavy atom. The van der Waals surface area contributed by atoms with Gasteiger partial charge >= 0.3 is 0 Å². The number of thiophene rings is 1. The van der Waals surface area contributed by atoms with Gasteiger partial charge in [-0.25, -0.2) is 0 Å². The van der Waals surface area contributed by atoms with Gasteiger partial charge in [0.25, 0.3) is 0 Å². The molecular formula is C10H17BrN2S. The SMILES string of the molecule is CNCCCCN(C)c1cc(Br)cs1. The molecule has 0 saturated carbocycles. The molecule has 0 aliphatic heterocycles. The molecule has 1 rings (SSSR count). The predicted octanol–water partition coefficient (Wildman–Crippen LogP) is 2.95. The van der Waals surface area contributed by atoms with Crippen LogP contribution in [0, 0.1) is 0 Å². The highest BCUT2D eigenvalue weighted by Gasteiger charge is 2.02. The maximum absolute atomic E-state index is 3.47. The summed E-state index contributed by atoms with van der Waals surface area (Å²) in [5.41, 5.74) is 0. The molecule has 0 bridgehead atoms. The number of unbranched alkanes of at least 4 members (excludes halogenated alkanes) is 1. The summed E-state index contributed by atoms with van der Waals surface area (Å²) in [6, 6.07) is 2.17. The van der Waals surface area contributed by atoms with E-state index in [0.29, 0.717) is 0 Å².